The monoisotopic (exact) mass is 348 g/mol. The van der Waals surface area contributed by atoms with Crippen molar-refractivity contribution in [1.29, 1.82) is 0 Å². The van der Waals surface area contributed by atoms with Crippen molar-refractivity contribution in [2.24, 2.45) is 5.92 Å². The van der Waals surface area contributed by atoms with E-state index >= 15 is 0 Å². The summed E-state index contributed by atoms with van der Waals surface area (Å²) in [4.78, 5) is 0. The van der Waals surface area contributed by atoms with E-state index in [2.05, 4.69) is 32.1 Å². The number of unbranched alkanes of at least 4 members (excludes halogenated alkanes) is 12. The second kappa shape index (κ2) is 14.6. The van der Waals surface area contributed by atoms with Crippen molar-refractivity contribution < 1.29 is 5.11 Å². The van der Waals surface area contributed by atoms with Crippen molar-refractivity contribution in [2.45, 2.75) is 122 Å². The molecular weight excluding hydrogens is 304 g/mol. The summed E-state index contributed by atoms with van der Waals surface area (Å²) in [6.45, 7) is 4.54. The number of rotatable bonds is 16. The molecule has 25 heavy (non-hydrogen) atoms. The highest BCUT2D eigenvalue weighted by Crippen LogP contribution is 2.33. The molecule has 0 saturated heterocycles. The molecule has 0 radical (unpaired) electrons. The van der Waals surface area contributed by atoms with E-state index in [1.54, 1.807) is 0 Å². The average molecular weight is 349 g/mol. The maximum atomic E-state index is 11.1. The predicted molar refractivity (Wildman–Crippen MR) is 112 cm³/mol. The molecule has 0 heterocycles. The first-order valence-corrected chi connectivity index (χ1v) is 11.3. The van der Waals surface area contributed by atoms with Gasteiger partial charge in [-0.2, -0.15) is 0 Å². The smallest absolute Gasteiger partial charge is 0.0893 e. The van der Waals surface area contributed by atoms with E-state index in [1.165, 1.54) is 83.5 Å². The summed E-state index contributed by atoms with van der Waals surface area (Å²) >= 11 is 0. The Kier molecular flexibility index (Phi) is 13.1. The van der Waals surface area contributed by atoms with Crippen molar-refractivity contribution in [3.05, 3.63) is 24.3 Å². The van der Waals surface area contributed by atoms with Crippen LogP contribution in [0.1, 0.15) is 117 Å². The summed E-state index contributed by atoms with van der Waals surface area (Å²) in [6, 6.07) is 0. The van der Waals surface area contributed by atoms with Crippen LogP contribution in [0.25, 0.3) is 0 Å². The molecule has 0 fully saturated rings. The maximum absolute atomic E-state index is 11.1. The van der Waals surface area contributed by atoms with E-state index < -0.39 is 5.60 Å². The lowest BCUT2D eigenvalue weighted by Gasteiger charge is -2.34. The summed E-state index contributed by atoms with van der Waals surface area (Å²) in [5.41, 5.74) is -0.583. The number of hydrogen-bond donors (Lipinski definition) is 1. The van der Waals surface area contributed by atoms with Gasteiger partial charge in [-0.3, -0.25) is 0 Å². The van der Waals surface area contributed by atoms with Crippen LogP contribution in [0.5, 0.6) is 0 Å². The van der Waals surface area contributed by atoms with E-state index in [4.69, 9.17) is 0 Å². The van der Waals surface area contributed by atoms with Gasteiger partial charge in [0.1, 0.15) is 0 Å². The summed E-state index contributed by atoms with van der Waals surface area (Å²) in [5.74, 6) is 0.327. The van der Waals surface area contributed by atoms with Gasteiger partial charge in [0.25, 0.3) is 0 Å². The Balaban J connectivity index is 2.18. The first-order valence-electron chi connectivity index (χ1n) is 11.3. The van der Waals surface area contributed by atoms with Gasteiger partial charge in [0.05, 0.1) is 5.60 Å². The molecule has 1 rings (SSSR count). The average Bonchev–Trinajstić information content (AvgIpc) is 2.62. The summed E-state index contributed by atoms with van der Waals surface area (Å²) < 4.78 is 0. The fourth-order valence-corrected chi connectivity index (χ4v) is 4.01. The highest BCUT2D eigenvalue weighted by molar-refractivity contribution is 5.21. The molecule has 0 aromatic rings. The molecule has 0 amide bonds. The van der Waals surface area contributed by atoms with Gasteiger partial charge in [-0.1, -0.05) is 128 Å². The SMILES string of the molecule is CCCCCCCCCC1C=CC=CC1(O)CCCCCCCCC. The van der Waals surface area contributed by atoms with Gasteiger partial charge >= 0.3 is 0 Å². The Morgan fingerprint density at radius 1 is 0.680 bits per heavy atom. The van der Waals surface area contributed by atoms with E-state index in [-0.39, 0.29) is 0 Å². The van der Waals surface area contributed by atoms with Gasteiger partial charge in [0.2, 0.25) is 0 Å². The molecule has 1 N–H and O–H groups in total. The van der Waals surface area contributed by atoms with Crippen molar-refractivity contribution in [2.75, 3.05) is 0 Å². The molecule has 0 spiro atoms. The van der Waals surface area contributed by atoms with Gasteiger partial charge in [0.15, 0.2) is 0 Å². The second-order valence-electron chi connectivity index (χ2n) is 8.12. The number of allylic oxidation sites excluding steroid dienone is 2. The molecule has 0 saturated carbocycles. The van der Waals surface area contributed by atoms with Crippen molar-refractivity contribution in [1.82, 2.24) is 0 Å². The zero-order chi connectivity index (χ0) is 18.2. The molecule has 1 nitrogen and oxygen atoms in total. The minimum absolute atomic E-state index is 0.327. The van der Waals surface area contributed by atoms with Crippen LogP contribution in [0, 0.1) is 5.92 Å². The van der Waals surface area contributed by atoms with E-state index in [9.17, 15) is 5.11 Å². The third kappa shape index (κ3) is 10.2. The normalized spacial score (nSPS) is 22.6. The fourth-order valence-electron chi connectivity index (χ4n) is 4.01. The molecule has 1 heteroatoms. The Labute approximate surface area is 158 Å². The lowest BCUT2D eigenvalue weighted by molar-refractivity contribution is 0.0308. The van der Waals surface area contributed by atoms with Crippen LogP contribution >= 0.6 is 0 Å². The van der Waals surface area contributed by atoms with Gasteiger partial charge in [0, 0.05) is 5.92 Å². The van der Waals surface area contributed by atoms with Crippen LogP contribution in [-0.4, -0.2) is 10.7 Å². The molecule has 0 bridgehead atoms. The Morgan fingerprint density at radius 2 is 1.20 bits per heavy atom. The van der Waals surface area contributed by atoms with Gasteiger partial charge < -0.3 is 5.11 Å². The highest BCUT2D eigenvalue weighted by Gasteiger charge is 2.32. The van der Waals surface area contributed by atoms with Crippen molar-refractivity contribution >= 4 is 0 Å². The fraction of sp³-hybridized carbons (Fsp3) is 0.833. The Morgan fingerprint density at radius 3 is 1.80 bits per heavy atom. The molecular formula is C24H44O. The summed E-state index contributed by atoms with van der Waals surface area (Å²) in [5, 5.41) is 11.1. The van der Waals surface area contributed by atoms with Crippen LogP contribution in [0.2, 0.25) is 0 Å². The molecule has 1 aliphatic rings. The van der Waals surface area contributed by atoms with Gasteiger partial charge in [-0.25, -0.2) is 0 Å². The topological polar surface area (TPSA) is 20.2 Å². The van der Waals surface area contributed by atoms with Crippen molar-refractivity contribution in [3.63, 3.8) is 0 Å². The van der Waals surface area contributed by atoms with Gasteiger partial charge in [-0.15, -0.1) is 0 Å². The van der Waals surface area contributed by atoms with E-state index in [0.29, 0.717) is 5.92 Å². The van der Waals surface area contributed by atoms with E-state index in [1.807, 2.05) is 6.08 Å². The molecule has 0 aliphatic heterocycles. The Bertz CT molecular complexity index is 357. The minimum Gasteiger partial charge on any atom is -0.385 e. The third-order valence-electron chi connectivity index (χ3n) is 5.78. The van der Waals surface area contributed by atoms with E-state index in [0.717, 1.165) is 19.3 Å². The highest BCUT2D eigenvalue weighted by atomic mass is 16.3. The largest absolute Gasteiger partial charge is 0.385 e. The Hall–Kier alpha value is -0.560. The predicted octanol–water partition coefficient (Wildman–Crippen LogP) is 7.74. The molecule has 0 aromatic carbocycles. The molecule has 2 atom stereocenters. The maximum Gasteiger partial charge on any atom is 0.0893 e. The molecule has 1 aliphatic carbocycles. The number of hydrogen-bond acceptors (Lipinski definition) is 1. The first kappa shape index (κ1) is 22.5. The molecule has 146 valence electrons. The third-order valence-corrected chi connectivity index (χ3v) is 5.78. The second-order valence-corrected chi connectivity index (χ2v) is 8.12. The summed E-state index contributed by atoms with van der Waals surface area (Å²) in [6.07, 6.45) is 29.2. The van der Waals surface area contributed by atoms with Gasteiger partial charge in [-0.05, 0) is 12.8 Å². The number of aliphatic hydroxyl groups is 1. The zero-order valence-corrected chi connectivity index (χ0v) is 17.1. The quantitative estimate of drug-likeness (QED) is 0.283. The lowest BCUT2D eigenvalue weighted by Crippen LogP contribution is -2.36. The standard InChI is InChI=1S/C24H44O/c1-3-5-7-9-11-13-15-19-23-20-16-18-22-24(23,25)21-17-14-12-10-8-6-4-2/h16,18,20,22-23,25H,3-15,17,19,21H2,1-2H3. The van der Waals surface area contributed by atoms with Crippen LogP contribution in [0.3, 0.4) is 0 Å². The van der Waals surface area contributed by atoms with Crippen LogP contribution < -0.4 is 0 Å². The zero-order valence-electron chi connectivity index (χ0n) is 17.1. The van der Waals surface area contributed by atoms with Crippen LogP contribution in [-0.2, 0) is 0 Å². The lowest BCUT2D eigenvalue weighted by atomic mass is 9.77. The minimum atomic E-state index is -0.583. The molecule has 0 aromatic heterocycles. The molecule has 2 unspecified atom stereocenters. The first-order chi connectivity index (χ1) is 12.2. The van der Waals surface area contributed by atoms with Crippen molar-refractivity contribution in [3.8, 4) is 0 Å². The van der Waals surface area contributed by atoms with Crippen LogP contribution in [0.15, 0.2) is 24.3 Å². The summed E-state index contributed by atoms with van der Waals surface area (Å²) in [7, 11) is 0. The van der Waals surface area contributed by atoms with Crippen LogP contribution in [0.4, 0.5) is 0 Å².